The number of ether oxygens (including phenoxy) is 1. The molecule has 0 bridgehead atoms. The lowest BCUT2D eigenvalue weighted by Gasteiger charge is -2.32. The van der Waals surface area contributed by atoms with Crippen molar-refractivity contribution >= 4 is 11.6 Å². The Hall–Kier alpha value is -1.97. The van der Waals surface area contributed by atoms with Crippen LogP contribution in [0.1, 0.15) is 20.8 Å². The van der Waals surface area contributed by atoms with E-state index in [9.17, 15) is 4.79 Å². The average Bonchev–Trinajstić information content (AvgIpc) is 2.54. The second-order valence-corrected chi connectivity index (χ2v) is 4.74. The molecule has 0 radical (unpaired) electrons. The smallest absolute Gasteiger partial charge is 0.267 e. The van der Waals surface area contributed by atoms with Gasteiger partial charge in [0.15, 0.2) is 0 Å². The Labute approximate surface area is 107 Å². The van der Waals surface area contributed by atoms with Gasteiger partial charge in [-0.2, -0.15) is 0 Å². The van der Waals surface area contributed by atoms with Crippen LogP contribution in [0.4, 0.5) is 5.69 Å². The van der Waals surface area contributed by atoms with Crippen LogP contribution in [-0.2, 0) is 4.79 Å². The summed E-state index contributed by atoms with van der Waals surface area (Å²) in [4.78, 5) is 11.7. The fourth-order valence-electron chi connectivity index (χ4n) is 1.99. The van der Waals surface area contributed by atoms with Crippen LogP contribution in [0.3, 0.4) is 0 Å². The average molecular weight is 246 g/mol. The first-order valence-corrected chi connectivity index (χ1v) is 6.00. The van der Waals surface area contributed by atoms with Gasteiger partial charge in [-0.1, -0.05) is 12.6 Å². The molecule has 1 amide bonds. The van der Waals surface area contributed by atoms with E-state index >= 15 is 0 Å². The zero-order valence-corrected chi connectivity index (χ0v) is 11.0. The third-order valence-corrected chi connectivity index (χ3v) is 3.17. The molecule has 1 fully saturated rings. The van der Waals surface area contributed by atoms with Crippen LogP contribution < -0.4 is 15.2 Å². The molecule has 96 valence electrons. The fraction of sp³-hybridized carbons (Fsp3) is 0.357. The van der Waals surface area contributed by atoms with Gasteiger partial charge in [-0.05, 0) is 32.9 Å². The highest BCUT2D eigenvalue weighted by molar-refractivity contribution is 6.00. The number of hydrazine groups is 1. The molecule has 4 heteroatoms. The van der Waals surface area contributed by atoms with Crippen molar-refractivity contribution in [3.8, 4) is 5.75 Å². The van der Waals surface area contributed by atoms with Gasteiger partial charge in [-0.15, -0.1) is 0 Å². The lowest BCUT2D eigenvalue weighted by molar-refractivity contribution is -0.116. The first-order valence-electron chi connectivity index (χ1n) is 6.00. The maximum Gasteiger partial charge on any atom is 0.267 e. The fourth-order valence-corrected chi connectivity index (χ4v) is 1.99. The molecular weight excluding hydrogens is 228 g/mol. The van der Waals surface area contributed by atoms with E-state index in [-0.39, 0.29) is 5.91 Å². The quantitative estimate of drug-likeness (QED) is 0.832. The zero-order chi connectivity index (χ0) is 13.3. The van der Waals surface area contributed by atoms with E-state index < -0.39 is 5.54 Å². The van der Waals surface area contributed by atoms with Gasteiger partial charge in [-0.3, -0.25) is 15.2 Å². The second-order valence-electron chi connectivity index (χ2n) is 4.74. The van der Waals surface area contributed by atoms with Crippen molar-refractivity contribution in [1.29, 1.82) is 0 Å². The summed E-state index contributed by atoms with van der Waals surface area (Å²) in [6.07, 6.45) is 0. The lowest BCUT2D eigenvalue weighted by atomic mass is 9.96. The molecule has 0 unspecified atom stereocenters. The largest absolute Gasteiger partial charge is 0.494 e. The Morgan fingerprint density at radius 1 is 1.44 bits per heavy atom. The maximum absolute atomic E-state index is 11.7. The summed E-state index contributed by atoms with van der Waals surface area (Å²) in [6, 6.07) is 7.64. The normalized spacial score (nSPS) is 17.8. The number of hydrogen-bond donors (Lipinski definition) is 1. The minimum Gasteiger partial charge on any atom is -0.494 e. The number of nitrogens with zero attached hydrogens (tertiary/aromatic N) is 1. The molecule has 1 aromatic carbocycles. The van der Waals surface area contributed by atoms with Crippen molar-refractivity contribution in [2.75, 3.05) is 11.6 Å². The van der Waals surface area contributed by atoms with Crippen LogP contribution in [0.15, 0.2) is 36.4 Å². The van der Waals surface area contributed by atoms with Crippen LogP contribution >= 0.6 is 0 Å². The van der Waals surface area contributed by atoms with Crippen LogP contribution in [0.5, 0.6) is 5.75 Å². The minimum absolute atomic E-state index is 0.137. The highest BCUT2D eigenvalue weighted by atomic mass is 16.5. The van der Waals surface area contributed by atoms with Crippen molar-refractivity contribution in [3.05, 3.63) is 36.4 Å². The highest BCUT2D eigenvalue weighted by Crippen LogP contribution is 2.33. The molecule has 1 aliphatic heterocycles. The Morgan fingerprint density at radius 2 is 2.17 bits per heavy atom. The summed E-state index contributed by atoms with van der Waals surface area (Å²) in [5.41, 5.74) is 3.82. The van der Waals surface area contributed by atoms with Gasteiger partial charge >= 0.3 is 0 Å². The van der Waals surface area contributed by atoms with Gasteiger partial charge in [-0.25, -0.2) is 0 Å². The van der Waals surface area contributed by atoms with Crippen LogP contribution in [0.2, 0.25) is 0 Å². The standard InChI is InChI=1S/C14H18N2O2/c1-5-18-12-8-6-7-11(9-12)16-14(3,4)10(2)13(17)15-16/h6-9H,2,5H2,1,3-4H3,(H,15,17). The van der Waals surface area contributed by atoms with Gasteiger partial charge in [0.05, 0.1) is 17.8 Å². The molecular formula is C14H18N2O2. The van der Waals surface area contributed by atoms with Crippen LogP contribution in [0.25, 0.3) is 0 Å². The predicted octanol–water partition coefficient (Wildman–Crippen LogP) is 2.27. The summed E-state index contributed by atoms with van der Waals surface area (Å²) in [7, 11) is 0. The SMILES string of the molecule is C=C1C(=O)NN(c2cccc(OCC)c2)C1(C)C. The molecule has 0 spiro atoms. The summed E-state index contributed by atoms with van der Waals surface area (Å²) in [5, 5.41) is 1.82. The topological polar surface area (TPSA) is 41.6 Å². The van der Waals surface area contributed by atoms with E-state index in [1.54, 1.807) is 0 Å². The predicted molar refractivity (Wildman–Crippen MR) is 71.5 cm³/mol. The highest BCUT2D eigenvalue weighted by Gasteiger charge is 2.41. The first kappa shape index (κ1) is 12.5. The van der Waals surface area contributed by atoms with Gasteiger partial charge in [0.25, 0.3) is 5.91 Å². The summed E-state index contributed by atoms with van der Waals surface area (Å²) < 4.78 is 5.47. The molecule has 0 saturated carbocycles. The van der Waals surface area contributed by atoms with Crippen LogP contribution in [0, 0.1) is 0 Å². The van der Waals surface area contributed by atoms with Crippen molar-refractivity contribution in [2.24, 2.45) is 0 Å². The van der Waals surface area contributed by atoms with Gasteiger partial charge in [0.2, 0.25) is 0 Å². The molecule has 1 N–H and O–H groups in total. The molecule has 2 rings (SSSR count). The van der Waals surface area contributed by atoms with E-state index in [4.69, 9.17) is 4.74 Å². The van der Waals surface area contributed by atoms with E-state index in [1.807, 2.05) is 50.0 Å². The van der Waals surface area contributed by atoms with Crippen molar-refractivity contribution in [1.82, 2.24) is 5.43 Å². The molecule has 0 aliphatic carbocycles. The number of nitrogens with one attached hydrogen (secondary N) is 1. The number of anilines is 1. The maximum atomic E-state index is 11.7. The number of rotatable bonds is 3. The van der Waals surface area contributed by atoms with Gasteiger partial charge in [0, 0.05) is 11.6 Å². The summed E-state index contributed by atoms with van der Waals surface area (Å²) in [5.74, 6) is 0.652. The van der Waals surface area contributed by atoms with E-state index in [0.29, 0.717) is 12.2 Å². The van der Waals surface area contributed by atoms with Crippen molar-refractivity contribution in [3.63, 3.8) is 0 Å². The molecule has 4 nitrogen and oxygen atoms in total. The Morgan fingerprint density at radius 3 is 2.72 bits per heavy atom. The molecule has 18 heavy (non-hydrogen) atoms. The van der Waals surface area contributed by atoms with E-state index in [1.165, 1.54) is 0 Å². The third kappa shape index (κ3) is 1.94. The van der Waals surface area contributed by atoms with E-state index in [0.717, 1.165) is 11.4 Å². The minimum atomic E-state index is -0.443. The molecule has 1 aromatic rings. The van der Waals surface area contributed by atoms with Crippen molar-refractivity contribution < 1.29 is 9.53 Å². The molecule has 1 saturated heterocycles. The number of carbonyl (C=O) groups excluding carboxylic acids is 1. The third-order valence-electron chi connectivity index (χ3n) is 3.17. The molecule has 0 aromatic heterocycles. The summed E-state index contributed by atoms with van der Waals surface area (Å²) in [6.45, 7) is 10.3. The molecule has 0 atom stereocenters. The number of hydrogen-bond acceptors (Lipinski definition) is 3. The Kier molecular flexibility index (Phi) is 3.03. The molecule has 1 aliphatic rings. The number of benzene rings is 1. The second kappa shape index (κ2) is 4.37. The lowest BCUT2D eigenvalue weighted by Crippen LogP contribution is -2.44. The Balaban J connectivity index is 2.34. The zero-order valence-electron chi connectivity index (χ0n) is 11.0. The number of carbonyl (C=O) groups is 1. The summed E-state index contributed by atoms with van der Waals surface area (Å²) >= 11 is 0. The van der Waals surface area contributed by atoms with Crippen LogP contribution in [-0.4, -0.2) is 18.1 Å². The number of amides is 1. The Bertz CT molecular complexity index is 494. The van der Waals surface area contributed by atoms with Crippen molar-refractivity contribution in [2.45, 2.75) is 26.3 Å². The van der Waals surface area contributed by atoms with Gasteiger partial charge < -0.3 is 4.74 Å². The van der Waals surface area contributed by atoms with Gasteiger partial charge in [0.1, 0.15) is 5.75 Å². The van der Waals surface area contributed by atoms with E-state index in [2.05, 4.69) is 12.0 Å². The monoisotopic (exact) mass is 246 g/mol. The molecule has 1 heterocycles. The first-order chi connectivity index (χ1) is 8.46.